The molecular formula is C21H25NO5. The van der Waals surface area contributed by atoms with Crippen LogP contribution in [0, 0.1) is 13.8 Å². The van der Waals surface area contributed by atoms with Crippen LogP contribution < -0.4 is 10.1 Å². The number of aryl methyl sites for hydroxylation is 2. The Balaban J connectivity index is 2.11. The molecule has 0 aliphatic carbocycles. The zero-order valence-corrected chi connectivity index (χ0v) is 15.8. The Kier molecular flexibility index (Phi) is 7.37. The van der Waals surface area contributed by atoms with Gasteiger partial charge < -0.3 is 19.9 Å². The summed E-state index contributed by atoms with van der Waals surface area (Å²) in [5.41, 5.74) is 2.91. The van der Waals surface area contributed by atoms with Crippen LogP contribution in [0.1, 0.15) is 39.5 Å². The van der Waals surface area contributed by atoms with Gasteiger partial charge in [0.25, 0.3) is 5.91 Å². The number of hydrogen-bond donors (Lipinski definition) is 2. The smallest absolute Gasteiger partial charge is 0.330 e. The van der Waals surface area contributed by atoms with Crippen molar-refractivity contribution in [3.63, 3.8) is 0 Å². The van der Waals surface area contributed by atoms with Crippen LogP contribution in [0.25, 0.3) is 0 Å². The van der Waals surface area contributed by atoms with Gasteiger partial charge in [-0.15, -0.1) is 0 Å². The fraction of sp³-hybridized carbons (Fsp3) is 0.333. The minimum Gasteiger partial charge on any atom is -0.493 e. The Bertz CT molecular complexity index is 803. The average Bonchev–Trinajstić information content (AvgIpc) is 2.65. The highest BCUT2D eigenvalue weighted by molar-refractivity contribution is 5.97. The van der Waals surface area contributed by atoms with E-state index >= 15 is 0 Å². The Morgan fingerprint density at radius 2 is 1.85 bits per heavy atom. The van der Waals surface area contributed by atoms with E-state index in [2.05, 4.69) is 5.32 Å². The van der Waals surface area contributed by atoms with E-state index in [1.165, 1.54) is 0 Å². The lowest BCUT2D eigenvalue weighted by Crippen LogP contribution is -2.33. The van der Waals surface area contributed by atoms with Crippen molar-refractivity contribution in [1.82, 2.24) is 5.32 Å². The van der Waals surface area contributed by atoms with Crippen LogP contribution in [0.2, 0.25) is 0 Å². The van der Waals surface area contributed by atoms with Gasteiger partial charge in [0.1, 0.15) is 5.75 Å². The first-order chi connectivity index (χ1) is 12.9. The summed E-state index contributed by atoms with van der Waals surface area (Å²) in [6.07, 6.45) is 0.737. The van der Waals surface area contributed by atoms with Crippen LogP contribution >= 0.6 is 0 Å². The highest BCUT2D eigenvalue weighted by Crippen LogP contribution is 2.19. The van der Waals surface area contributed by atoms with E-state index in [1.54, 1.807) is 43.5 Å². The van der Waals surface area contributed by atoms with E-state index in [0.717, 1.165) is 17.5 Å². The van der Waals surface area contributed by atoms with E-state index in [0.29, 0.717) is 30.1 Å². The Morgan fingerprint density at radius 1 is 1.07 bits per heavy atom. The number of carboxylic acid groups (broad SMARTS) is 1. The molecule has 144 valence electrons. The van der Waals surface area contributed by atoms with Gasteiger partial charge in [-0.25, -0.2) is 4.79 Å². The minimum atomic E-state index is -1.12. The van der Waals surface area contributed by atoms with Crippen molar-refractivity contribution in [1.29, 1.82) is 0 Å². The van der Waals surface area contributed by atoms with Crippen molar-refractivity contribution in [3.05, 3.63) is 64.7 Å². The van der Waals surface area contributed by atoms with Crippen molar-refractivity contribution >= 4 is 11.9 Å². The minimum absolute atomic E-state index is 0.342. The maximum Gasteiger partial charge on any atom is 0.330 e. The fourth-order valence-electron chi connectivity index (χ4n) is 2.57. The average molecular weight is 371 g/mol. The lowest BCUT2D eigenvalue weighted by atomic mass is 10.0. The maximum atomic E-state index is 12.6. The van der Waals surface area contributed by atoms with Crippen molar-refractivity contribution < 1.29 is 24.2 Å². The molecule has 0 saturated carbocycles. The van der Waals surface area contributed by atoms with E-state index in [1.807, 2.05) is 19.9 Å². The van der Waals surface area contributed by atoms with Gasteiger partial charge in [-0.3, -0.25) is 4.79 Å². The molecule has 0 heterocycles. The fourth-order valence-corrected chi connectivity index (χ4v) is 2.57. The molecule has 0 spiro atoms. The van der Waals surface area contributed by atoms with Crippen LogP contribution in [0.3, 0.4) is 0 Å². The van der Waals surface area contributed by atoms with E-state index < -0.39 is 17.9 Å². The van der Waals surface area contributed by atoms with Crippen LogP contribution in [0.15, 0.2) is 42.5 Å². The molecule has 0 aromatic heterocycles. The molecule has 0 aliphatic rings. The second-order valence-corrected chi connectivity index (χ2v) is 6.31. The molecule has 2 rings (SSSR count). The molecule has 2 aromatic carbocycles. The third-order valence-electron chi connectivity index (χ3n) is 4.24. The van der Waals surface area contributed by atoms with Crippen molar-refractivity contribution in [2.24, 2.45) is 0 Å². The maximum absolute atomic E-state index is 12.6. The lowest BCUT2D eigenvalue weighted by molar-refractivity contribution is -0.139. The molecule has 1 atom stereocenters. The molecular weight excluding hydrogens is 346 g/mol. The van der Waals surface area contributed by atoms with E-state index in [-0.39, 0.29) is 0 Å². The number of aliphatic carboxylic acids is 1. The highest BCUT2D eigenvalue weighted by atomic mass is 16.5. The predicted octanol–water partition coefficient (Wildman–Crippen LogP) is 3.27. The molecule has 0 bridgehead atoms. The third-order valence-corrected chi connectivity index (χ3v) is 4.24. The van der Waals surface area contributed by atoms with E-state index in [4.69, 9.17) is 9.47 Å². The van der Waals surface area contributed by atoms with Gasteiger partial charge in [0.2, 0.25) is 0 Å². The number of benzene rings is 2. The zero-order valence-electron chi connectivity index (χ0n) is 15.8. The van der Waals surface area contributed by atoms with E-state index in [9.17, 15) is 14.7 Å². The van der Waals surface area contributed by atoms with Crippen molar-refractivity contribution in [3.8, 4) is 5.75 Å². The van der Waals surface area contributed by atoms with Gasteiger partial charge in [-0.05, 0) is 48.7 Å². The standard InChI is InChI=1S/C21H25NO5/c1-14-8-9-16(12-15(14)2)19(21(24)25)22-20(23)17-6-4-7-18(13-17)27-11-5-10-26-3/h4,6-9,12-13,19H,5,10-11H2,1-3H3,(H,22,23)(H,24,25). The second kappa shape index (κ2) is 9.73. The first kappa shape index (κ1) is 20.5. The Hall–Kier alpha value is -2.86. The molecule has 0 radical (unpaired) electrons. The molecule has 0 aliphatic heterocycles. The number of ether oxygens (including phenoxy) is 2. The summed E-state index contributed by atoms with van der Waals surface area (Å²) in [6.45, 7) is 4.92. The summed E-state index contributed by atoms with van der Waals surface area (Å²) in [6, 6.07) is 10.9. The normalized spacial score (nSPS) is 11.7. The molecule has 1 amide bonds. The predicted molar refractivity (Wildman–Crippen MR) is 102 cm³/mol. The SMILES string of the molecule is COCCCOc1cccc(C(=O)NC(C(=O)O)c2ccc(C)c(C)c2)c1. The molecule has 1 unspecified atom stereocenters. The van der Waals surface area contributed by atoms with Crippen molar-refractivity contribution in [2.75, 3.05) is 20.3 Å². The van der Waals surface area contributed by atoms with Crippen LogP contribution in [0.4, 0.5) is 0 Å². The Labute approximate surface area is 159 Å². The van der Waals surface area contributed by atoms with Gasteiger partial charge in [0.05, 0.1) is 6.61 Å². The summed E-state index contributed by atoms with van der Waals surface area (Å²) >= 11 is 0. The molecule has 2 aromatic rings. The monoisotopic (exact) mass is 371 g/mol. The number of carbonyl (C=O) groups is 2. The lowest BCUT2D eigenvalue weighted by Gasteiger charge is -2.16. The summed E-state index contributed by atoms with van der Waals surface area (Å²) in [5.74, 6) is -1.03. The first-order valence-electron chi connectivity index (χ1n) is 8.75. The van der Waals surface area contributed by atoms with Gasteiger partial charge in [-0.1, -0.05) is 24.3 Å². The summed E-state index contributed by atoms with van der Waals surface area (Å²) in [5, 5.41) is 12.1. The number of hydrogen-bond acceptors (Lipinski definition) is 4. The number of rotatable bonds is 9. The molecule has 0 saturated heterocycles. The number of carboxylic acids is 1. The quantitative estimate of drug-likeness (QED) is 0.661. The molecule has 2 N–H and O–H groups in total. The summed E-state index contributed by atoms with van der Waals surface area (Å²) in [4.78, 5) is 24.2. The highest BCUT2D eigenvalue weighted by Gasteiger charge is 2.23. The number of methoxy groups -OCH3 is 1. The summed E-state index contributed by atoms with van der Waals surface area (Å²) in [7, 11) is 1.62. The molecule has 27 heavy (non-hydrogen) atoms. The number of carbonyl (C=O) groups excluding carboxylic acids is 1. The number of amides is 1. The van der Waals surface area contributed by atoms with Gasteiger partial charge >= 0.3 is 5.97 Å². The Morgan fingerprint density at radius 3 is 2.52 bits per heavy atom. The third kappa shape index (κ3) is 5.82. The molecule has 6 nitrogen and oxygen atoms in total. The zero-order chi connectivity index (χ0) is 19.8. The van der Waals surface area contributed by atoms with Crippen LogP contribution in [-0.4, -0.2) is 37.3 Å². The van der Waals surface area contributed by atoms with Crippen LogP contribution in [-0.2, 0) is 9.53 Å². The van der Waals surface area contributed by atoms with Crippen molar-refractivity contribution in [2.45, 2.75) is 26.3 Å². The van der Waals surface area contributed by atoms with Crippen LogP contribution in [0.5, 0.6) is 5.75 Å². The largest absolute Gasteiger partial charge is 0.493 e. The number of nitrogens with one attached hydrogen (secondary N) is 1. The van der Waals surface area contributed by atoms with Gasteiger partial charge in [0.15, 0.2) is 6.04 Å². The first-order valence-corrected chi connectivity index (χ1v) is 8.75. The topological polar surface area (TPSA) is 84.9 Å². The summed E-state index contributed by atoms with van der Waals surface area (Å²) < 4.78 is 10.6. The molecule has 0 fully saturated rings. The second-order valence-electron chi connectivity index (χ2n) is 6.31. The molecule has 6 heteroatoms. The van der Waals surface area contributed by atoms with Gasteiger partial charge in [-0.2, -0.15) is 0 Å². The van der Waals surface area contributed by atoms with Gasteiger partial charge in [0, 0.05) is 25.7 Å².